The Kier molecular flexibility index (Phi) is 8.41. The van der Waals surface area contributed by atoms with E-state index in [-0.39, 0.29) is 12.3 Å². The summed E-state index contributed by atoms with van der Waals surface area (Å²) in [5, 5.41) is 5.64. The second-order valence-electron chi connectivity index (χ2n) is 7.40. The van der Waals surface area contributed by atoms with Crippen LogP contribution >= 0.6 is 34.7 Å². The number of nitrogens with one attached hydrogen (secondary N) is 1. The Morgan fingerprint density at radius 3 is 2.55 bits per heavy atom. The van der Waals surface area contributed by atoms with Gasteiger partial charge in [-0.15, -0.1) is 11.3 Å². The van der Waals surface area contributed by atoms with E-state index in [1.54, 1.807) is 23.1 Å². The minimum Gasteiger partial charge on any atom is -0.489 e. The number of benzene rings is 3. The van der Waals surface area contributed by atoms with Crippen molar-refractivity contribution in [1.82, 2.24) is 10.3 Å². The molecule has 0 spiro atoms. The van der Waals surface area contributed by atoms with Crippen molar-refractivity contribution < 1.29 is 9.53 Å². The molecule has 0 saturated carbocycles. The minimum absolute atomic E-state index is 0.0453. The first-order valence-corrected chi connectivity index (χ1v) is 12.7. The molecular formula is C26H23ClN2O2S2. The molecule has 1 heterocycles. The summed E-state index contributed by atoms with van der Waals surface area (Å²) in [6, 6.07) is 25.6. The molecule has 1 amide bonds. The molecule has 3 aromatic carbocycles. The number of thiazole rings is 1. The quantitative estimate of drug-likeness (QED) is 0.255. The molecule has 0 radical (unpaired) electrons. The van der Waals surface area contributed by atoms with Gasteiger partial charge < -0.3 is 10.1 Å². The van der Waals surface area contributed by atoms with Gasteiger partial charge in [0.15, 0.2) is 0 Å². The zero-order valence-corrected chi connectivity index (χ0v) is 20.3. The maximum Gasteiger partial charge on any atom is 0.226 e. The summed E-state index contributed by atoms with van der Waals surface area (Å²) in [6.45, 7) is 1.00. The normalized spacial score (nSPS) is 10.7. The van der Waals surface area contributed by atoms with Gasteiger partial charge in [0.05, 0.1) is 12.1 Å². The van der Waals surface area contributed by atoms with E-state index in [4.69, 9.17) is 16.3 Å². The second-order valence-corrected chi connectivity index (χ2v) is 9.91. The average molecular weight is 495 g/mol. The highest BCUT2D eigenvalue weighted by Gasteiger charge is 2.09. The topological polar surface area (TPSA) is 51.2 Å². The van der Waals surface area contributed by atoms with E-state index < -0.39 is 0 Å². The lowest BCUT2D eigenvalue weighted by Crippen LogP contribution is -2.24. The van der Waals surface area contributed by atoms with Crippen LogP contribution in [0.15, 0.2) is 88.6 Å². The Bertz CT molecular complexity index is 1180. The maximum absolute atomic E-state index is 12.3. The lowest BCUT2D eigenvalue weighted by Gasteiger charge is -2.08. The largest absolute Gasteiger partial charge is 0.489 e. The highest BCUT2D eigenvalue weighted by molar-refractivity contribution is 8.00. The first kappa shape index (κ1) is 23.4. The third-order valence-corrected chi connectivity index (χ3v) is 7.16. The summed E-state index contributed by atoms with van der Waals surface area (Å²) < 4.78 is 6.75. The summed E-state index contributed by atoms with van der Waals surface area (Å²) in [6.07, 6.45) is 0.270. The zero-order valence-electron chi connectivity index (χ0n) is 17.9. The van der Waals surface area contributed by atoms with Crippen LogP contribution < -0.4 is 10.1 Å². The van der Waals surface area contributed by atoms with Gasteiger partial charge in [-0.2, -0.15) is 0 Å². The van der Waals surface area contributed by atoms with Crippen LogP contribution in [0.4, 0.5) is 0 Å². The van der Waals surface area contributed by atoms with Crippen LogP contribution in [0.3, 0.4) is 0 Å². The number of thioether (sulfide) groups is 1. The number of carbonyl (C=O) groups is 1. The number of carbonyl (C=O) groups excluding carboxylic acids is 1. The summed E-state index contributed by atoms with van der Waals surface area (Å²) in [5.74, 6) is 1.56. The van der Waals surface area contributed by atoms with E-state index >= 15 is 0 Å². The summed E-state index contributed by atoms with van der Waals surface area (Å²) in [7, 11) is 0. The van der Waals surface area contributed by atoms with Gasteiger partial charge in [0.1, 0.15) is 16.7 Å². The van der Waals surface area contributed by atoms with Crippen molar-refractivity contribution in [2.75, 3.05) is 0 Å². The number of hydrogen-bond acceptors (Lipinski definition) is 5. The number of ether oxygens (including phenoxy) is 1. The molecule has 0 aliphatic heterocycles. The molecule has 4 rings (SSSR count). The minimum atomic E-state index is -0.0453. The molecule has 4 aromatic rings. The fraction of sp³-hybridized carbons (Fsp3) is 0.154. The standard InChI is InChI=1S/C26H23ClN2O2S2/c27-22-8-4-7-21(13-22)17-32-26-29-23(18-33-26)14-25(30)28-15-19-9-11-24(12-10-19)31-16-20-5-2-1-3-6-20/h1-13,18H,14-17H2,(H,28,30). The van der Waals surface area contributed by atoms with Crippen molar-refractivity contribution in [2.45, 2.75) is 29.7 Å². The third-order valence-electron chi connectivity index (χ3n) is 4.79. The average Bonchev–Trinajstić information content (AvgIpc) is 3.29. The van der Waals surface area contributed by atoms with Gasteiger partial charge in [-0.05, 0) is 41.0 Å². The molecule has 0 aliphatic rings. The van der Waals surface area contributed by atoms with E-state index in [0.717, 1.165) is 43.2 Å². The van der Waals surface area contributed by atoms with E-state index in [1.165, 1.54) is 0 Å². The van der Waals surface area contributed by atoms with Gasteiger partial charge in [0.2, 0.25) is 5.91 Å². The van der Waals surface area contributed by atoms with Crippen LogP contribution in [0, 0.1) is 0 Å². The van der Waals surface area contributed by atoms with Gasteiger partial charge >= 0.3 is 0 Å². The number of rotatable bonds is 10. The first-order chi connectivity index (χ1) is 16.1. The predicted octanol–water partition coefficient (Wildman–Crippen LogP) is 6.53. The van der Waals surface area contributed by atoms with E-state index in [9.17, 15) is 4.79 Å². The van der Waals surface area contributed by atoms with Gasteiger partial charge in [0.25, 0.3) is 0 Å². The van der Waals surface area contributed by atoms with Crippen LogP contribution in [0.5, 0.6) is 5.75 Å². The van der Waals surface area contributed by atoms with E-state index in [2.05, 4.69) is 10.3 Å². The molecule has 0 fully saturated rings. The zero-order chi connectivity index (χ0) is 22.9. The number of aromatic nitrogens is 1. The highest BCUT2D eigenvalue weighted by atomic mass is 35.5. The monoisotopic (exact) mass is 494 g/mol. The lowest BCUT2D eigenvalue weighted by molar-refractivity contribution is -0.120. The molecule has 0 bridgehead atoms. The Labute approximate surface area is 207 Å². The first-order valence-electron chi connectivity index (χ1n) is 10.5. The Balaban J connectivity index is 1.19. The van der Waals surface area contributed by atoms with Gasteiger partial charge in [-0.1, -0.05) is 78.0 Å². The summed E-state index contributed by atoms with van der Waals surface area (Å²) in [4.78, 5) is 16.9. The van der Waals surface area contributed by atoms with Gasteiger partial charge in [-0.25, -0.2) is 4.98 Å². The molecule has 0 atom stereocenters. The number of halogens is 1. The fourth-order valence-corrected chi connectivity index (χ4v) is 5.08. The van der Waals surface area contributed by atoms with Crippen molar-refractivity contribution in [2.24, 2.45) is 0 Å². The van der Waals surface area contributed by atoms with Crippen molar-refractivity contribution in [1.29, 1.82) is 0 Å². The van der Waals surface area contributed by atoms with Crippen LogP contribution in [0.25, 0.3) is 0 Å². The smallest absolute Gasteiger partial charge is 0.226 e. The molecule has 0 unspecified atom stereocenters. The Morgan fingerprint density at radius 1 is 0.970 bits per heavy atom. The van der Waals surface area contributed by atoms with Crippen molar-refractivity contribution in [3.05, 3.63) is 112 Å². The highest BCUT2D eigenvalue weighted by Crippen LogP contribution is 2.27. The van der Waals surface area contributed by atoms with Crippen LogP contribution in [0.2, 0.25) is 5.02 Å². The molecule has 1 aromatic heterocycles. The van der Waals surface area contributed by atoms with Crippen LogP contribution in [-0.4, -0.2) is 10.9 Å². The summed E-state index contributed by atoms with van der Waals surface area (Å²) >= 11 is 9.24. The lowest BCUT2D eigenvalue weighted by atomic mass is 10.2. The Hall–Kier alpha value is -2.80. The predicted molar refractivity (Wildman–Crippen MR) is 136 cm³/mol. The van der Waals surface area contributed by atoms with Crippen molar-refractivity contribution >= 4 is 40.6 Å². The summed E-state index contributed by atoms with van der Waals surface area (Å²) in [5.41, 5.74) is 4.09. The fourth-order valence-electron chi connectivity index (χ4n) is 3.08. The van der Waals surface area contributed by atoms with Gasteiger partial charge in [0, 0.05) is 22.7 Å². The molecule has 168 valence electrons. The molecule has 0 aliphatic carbocycles. The number of hydrogen-bond donors (Lipinski definition) is 1. The third kappa shape index (κ3) is 7.63. The number of amides is 1. The molecule has 1 N–H and O–H groups in total. The van der Waals surface area contributed by atoms with Crippen molar-refractivity contribution in [3.63, 3.8) is 0 Å². The second kappa shape index (κ2) is 11.9. The Morgan fingerprint density at radius 2 is 1.76 bits per heavy atom. The van der Waals surface area contributed by atoms with E-state index in [1.807, 2.05) is 84.2 Å². The number of nitrogens with zero attached hydrogens (tertiary/aromatic N) is 1. The molecule has 4 nitrogen and oxygen atoms in total. The maximum atomic E-state index is 12.3. The molecule has 0 saturated heterocycles. The van der Waals surface area contributed by atoms with Gasteiger partial charge in [-0.3, -0.25) is 4.79 Å². The molecule has 7 heteroatoms. The van der Waals surface area contributed by atoms with E-state index in [0.29, 0.717) is 13.2 Å². The van der Waals surface area contributed by atoms with Crippen LogP contribution in [0.1, 0.15) is 22.4 Å². The SMILES string of the molecule is O=C(Cc1csc(SCc2cccc(Cl)c2)n1)NCc1ccc(OCc2ccccc2)cc1. The van der Waals surface area contributed by atoms with Crippen LogP contribution in [-0.2, 0) is 30.1 Å². The molecular weight excluding hydrogens is 472 g/mol. The molecule has 33 heavy (non-hydrogen) atoms. The van der Waals surface area contributed by atoms with Crippen molar-refractivity contribution in [3.8, 4) is 5.75 Å².